The van der Waals surface area contributed by atoms with Crippen molar-refractivity contribution in [3.8, 4) is 0 Å². The molecule has 0 bridgehead atoms. The summed E-state index contributed by atoms with van der Waals surface area (Å²) in [5.74, 6) is -0.699. The van der Waals surface area contributed by atoms with E-state index in [0.29, 0.717) is 6.42 Å². The first-order chi connectivity index (χ1) is 16.1. The lowest BCUT2D eigenvalue weighted by Crippen LogP contribution is -2.39. The zero-order chi connectivity index (χ0) is 25.0. The number of rotatable bonds is 9. The summed E-state index contributed by atoms with van der Waals surface area (Å²) in [7, 11) is -1.90. The van der Waals surface area contributed by atoms with Crippen LogP contribution in [0, 0.1) is 4.78 Å². The fourth-order valence-corrected chi connectivity index (χ4v) is 4.56. The van der Waals surface area contributed by atoms with Crippen molar-refractivity contribution in [1.82, 2.24) is 24.0 Å². The van der Waals surface area contributed by atoms with E-state index in [-0.39, 0.29) is 47.6 Å². The number of nitrogens with one attached hydrogen (secondary N) is 1. The number of fused-ring (bicyclic) bond motifs is 1. The smallest absolute Gasteiger partial charge is 0.339 e. The van der Waals surface area contributed by atoms with E-state index in [9.17, 15) is 13.8 Å². The van der Waals surface area contributed by atoms with Crippen LogP contribution in [0.4, 0.5) is 10.6 Å². The number of amides is 1. The van der Waals surface area contributed by atoms with Crippen LogP contribution in [-0.2, 0) is 21.0 Å². The van der Waals surface area contributed by atoms with Crippen molar-refractivity contribution in [3.05, 3.63) is 58.9 Å². The van der Waals surface area contributed by atoms with Crippen molar-refractivity contribution in [1.29, 1.82) is 4.78 Å². The van der Waals surface area contributed by atoms with Crippen LogP contribution < -0.4 is 11.4 Å². The molecule has 1 atom stereocenters. The molecule has 1 amide bonds. The Balaban J connectivity index is 2.19. The number of aromatic nitrogens is 4. The third-order valence-corrected chi connectivity index (χ3v) is 6.71. The van der Waals surface area contributed by atoms with Crippen molar-refractivity contribution in [3.63, 3.8) is 0 Å². The first kappa shape index (κ1) is 24.8. The van der Waals surface area contributed by atoms with Crippen molar-refractivity contribution in [2.24, 2.45) is 0 Å². The predicted octanol–water partition coefficient (Wildman–Crippen LogP) is 1.98. The highest BCUT2D eigenvalue weighted by atomic mass is 32.2. The van der Waals surface area contributed by atoms with Crippen molar-refractivity contribution in [2.45, 2.75) is 25.0 Å². The van der Waals surface area contributed by atoms with Crippen molar-refractivity contribution in [2.75, 3.05) is 31.7 Å². The van der Waals surface area contributed by atoms with Crippen LogP contribution in [0.15, 0.2) is 52.8 Å². The van der Waals surface area contributed by atoms with Gasteiger partial charge in [-0.05, 0) is 18.6 Å². The van der Waals surface area contributed by atoms with E-state index in [1.54, 1.807) is 31.2 Å². The number of nitrogen functional groups attached to an aromatic ring is 1. The number of ether oxygens (including phenoxy) is 1. The Labute approximate surface area is 196 Å². The lowest BCUT2D eigenvalue weighted by atomic mass is 10.2. The van der Waals surface area contributed by atoms with E-state index in [4.69, 9.17) is 20.4 Å². The molecule has 12 nitrogen and oxygen atoms in total. The standard InChI is InChI=1S/C21H27N7O5S/c1-4-12-34(23,32)19-24-17(22)16-18(25-19)27(13-15-8-6-5-7-9-15)21(31)28(16)20(30)26(3)10-11-33-14(2)29/h5-9,23,29H,2,4,10-13H2,1,3H3,(H2,22,24,25). The second-order valence-corrected chi connectivity index (χ2v) is 9.70. The Morgan fingerprint density at radius 2 is 2.00 bits per heavy atom. The average Bonchev–Trinajstić information content (AvgIpc) is 3.05. The molecule has 0 aliphatic carbocycles. The second kappa shape index (κ2) is 9.95. The molecule has 0 radical (unpaired) electrons. The zero-order valence-corrected chi connectivity index (χ0v) is 19.7. The van der Waals surface area contributed by atoms with Crippen LogP contribution in [0.25, 0.3) is 11.2 Å². The summed E-state index contributed by atoms with van der Waals surface area (Å²) in [5, 5.41) is 8.78. The molecule has 3 aromatic rings. The molecule has 2 aromatic heterocycles. The topological polar surface area (TPSA) is 169 Å². The van der Waals surface area contributed by atoms with Crippen molar-refractivity contribution < 1.29 is 18.8 Å². The summed E-state index contributed by atoms with van der Waals surface area (Å²) < 4.78 is 28.0. The molecular weight excluding hydrogens is 462 g/mol. The van der Waals surface area contributed by atoms with E-state index in [1.165, 1.54) is 16.5 Å². The minimum Gasteiger partial charge on any atom is -0.481 e. The number of hydrogen-bond acceptors (Lipinski definition) is 9. The van der Waals surface area contributed by atoms with Crippen LogP contribution in [0.1, 0.15) is 18.9 Å². The fourth-order valence-electron chi connectivity index (χ4n) is 3.33. The SMILES string of the molecule is C=C(O)OCCN(C)C(=O)n1c(=O)n(Cc2ccccc2)c2nc(S(=N)(=O)CCC)nc(N)c21. The number of imidazole rings is 1. The molecule has 34 heavy (non-hydrogen) atoms. The second-order valence-electron chi connectivity index (χ2n) is 7.58. The lowest BCUT2D eigenvalue weighted by molar-refractivity contribution is 0.0851. The number of aliphatic hydroxyl groups excluding tert-OH is 1. The number of nitrogens with zero attached hydrogens (tertiary/aromatic N) is 5. The van der Waals surface area contributed by atoms with Gasteiger partial charge in [-0.2, -0.15) is 4.98 Å². The molecule has 1 aromatic carbocycles. The molecule has 182 valence electrons. The number of benzene rings is 1. The van der Waals surface area contributed by atoms with Gasteiger partial charge in [-0.25, -0.2) is 28.1 Å². The van der Waals surface area contributed by atoms with Gasteiger partial charge in [0.15, 0.2) is 11.5 Å². The summed E-state index contributed by atoms with van der Waals surface area (Å²) in [6, 6.07) is 8.32. The van der Waals surface area contributed by atoms with E-state index < -0.39 is 27.4 Å². The highest BCUT2D eigenvalue weighted by Gasteiger charge is 2.27. The van der Waals surface area contributed by atoms with Gasteiger partial charge in [0, 0.05) is 12.8 Å². The maximum absolute atomic E-state index is 13.4. The molecule has 4 N–H and O–H groups in total. The molecule has 0 aliphatic heterocycles. The first-order valence-electron chi connectivity index (χ1n) is 10.4. The minimum atomic E-state index is -3.34. The van der Waals surface area contributed by atoms with Gasteiger partial charge in [0.2, 0.25) is 5.16 Å². The third kappa shape index (κ3) is 5.03. The largest absolute Gasteiger partial charge is 0.481 e. The van der Waals surface area contributed by atoms with E-state index in [2.05, 4.69) is 16.5 Å². The van der Waals surface area contributed by atoms with Gasteiger partial charge in [-0.15, -0.1) is 0 Å². The quantitative estimate of drug-likeness (QED) is 0.303. The van der Waals surface area contributed by atoms with Gasteiger partial charge in [0.25, 0.3) is 5.95 Å². The fraction of sp³-hybridized carbons (Fsp3) is 0.333. The van der Waals surface area contributed by atoms with Gasteiger partial charge in [-0.1, -0.05) is 37.3 Å². The van der Waals surface area contributed by atoms with Gasteiger partial charge < -0.3 is 20.5 Å². The van der Waals surface area contributed by atoms with Crippen LogP contribution in [0.3, 0.4) is 0 Å². The van der Waals surface area contributed by atoms with Gasteiger partial charge in [0.05, 0.1) is 13.1 Å². The number of hydrogen-bond donors (Lipinski definition) is 3. The Bertz CT molecular complexity index is 1380. The highest BCUT2D eigenvalue weighted by Crippen LogP contribution is 2.22. The predicted molar refractivity (Wildman–Crippen MR) is 127 cm³/mol. The number of aliphatic hydroxyl groups is 1. The molecule has 1 unspecified atom stereocenters. The number of anilines is 1. The third-order valence-electron chi connectivity index (χ3n) is 4.96. The Kier molecular flexibility index (Phi) is 7.25. The van der Waals surface area contributed by atoms with E-state index in [0.717, 1.165) is 10.1 Å². The Morgan fingerprint density at radius 3 is 2.62 bits per heavy atom. The van der Waals surface area contributed by atoms with Gasteiger partial charge in [-0.3, -0.25) is 4.57 Å². The molecule has 3 rings (SSSR count). The molecule has 0 saturated heterocycles. The molecule has 13 heteroatoms. The lowest BCUT2D eigenvalue weighted by Gasteiger charge is -2.17. The monoisotopic (exact) mass is 489 g/mol. The van der Waals surface area contributed by atoms with Crippen LogP contribution >= 0.6 is 0 Å². The molecule has 0 saturated carbocycles. The number of carbonyl (C=O) groups excluding carboxylic acids is 1. The molecule has 0 fully saturated rings. The highest BCUT2D eigenvalue weighted by molar-refractivity contribution is 7.92. The molecular formula is C21H27N7O5S. The first-order valence-corrected chi connectivity index (χ1v) is 12.1. The summed E-state index contributed by atoms with van der Waals surface area (Å²) in [4.78, 5) is 36.1. The number of carbonyl (C=O) groups is 1. The van der Waals surface area contributed by atoms with Gasteiger partial charge >= 0.3 is 11.7 Å². The average molecular weight is 490 g/mol. The minimum absolute atomic E-state index is 0.00849. The maximum atomic E-state index is 13.4. The van der Waals surface area contributed by atoms with E-state index >= 15 is 0 Å². The molecule has 0 aliphatic rings. The van der Waals surface area contributed by atoms with Crippen LogP contribution in [0.5, 0.6) is 0 Å². The van der Waals surface area contributed by atoms with Crippen LogP contribution in [-0.4, -0.2) is 65.3 Å². The van der Waals surface area contributed by atoms with Gasteiger partial charge in [0.1, 0.15) is 21.9 Å². The molecule has 2 heterocycles. The zero-order valence-electron chi connectivity index (χ0n) is 18.9. The van der Waals surface area contributed by atoms with E-state index in [1.807, 2.05) is 6.07 Å². The summed E-state index contributed by atoms with van der Waals surface area (Å²) in [6.45, 7) is 5.03. The molecule has 0 spiro atoms. The summed E-state index contributed by atoms with van der Waals surface area (Å²) in [5.41, 5.74) is 6.15. The normalized spacial score (nSPS) is 12.9. The van der Waals surface area contributed by atoms with Crippen LogP contribution in [0.2, 0.25) is 0 Å². The Hall–Kier alpha value is -3.87. The van der Waals surface area contributed by atoms with Crippen molar-refractivity contribution >= 4 is 32.7 Å². The summed E-state index contributed by atoms with van der Waals surface area (Å²) >= 11 is 0. The number of nitrogens with two attached hydrogens (primary N) is 1. The maximum Gasteiger partial charge on any atom is 0.339 e. The number of likely N-dealkylation sites (N-methyl/N-ethyl adjacent to an activating group) is 1. The Morgan fingerprint density at radius 1 is 1.32 bits per heavy atom. The summed E-state index contributed by atoms with van der Waals surface area (Å²) in [6.07, 6.45) is 0.465.